The molecule has 1 aliphatic heterocycles. The second-order valence-electron chi connectivity index (χ2n) is 6.29. The third-order valence-corrected chi connectivity index (χ3v) is 4.61. The summed E-state index contributed by atoms with van der Waals surface area (Å²) in [5.74, 6) is 1.15. The van der Waals surface area contributed by atoms with Crippen LogP contribution < -0.4 is 5.32 Å². The van der Waals surface area contributed by atoms with Gasteiger partial charge >= 0.3 is 0 Å². The van der Waals surface area contributed by atoms with E-state index in [-0.39, 0.29) is 23.5 Å². The molecule has 1 amide bonds. The van der Waals surface area contributed by atoms with Crippen LogP contribution in [0.4, 0.5) is 4.39 Å². The van der Waals surface area contributed by atoms with Gasteiger partial charge in [0.1, 0.15) is 23.4 Å². The zero-order valence-electron chi connectivity index (χ0n) is 14.4. The van der Waals surface area contributed by atoms with Gasteiger partial charge in [-0.25, -0.2) is 9.37 Å². The van der Waals surface area contributed by atoms with Crippen LogP contribution in [0.2, 0.25) is 0 Å². The molecule has 26 heavy (non-hydrogen) atoms. The normalized spacial score (nSPS) is 17.5. The van der Waals surface area contributed by atoms with Crippen molar-refractivity contribution in [2.45, 2.75) is 6.04 Å². The molecule has 1 aromatic carbocycles. The van der Waals surface area contributed by atoms with E-state index in [1.165, 1.54) is 12.1 Å². The SMILES string of the molecule is Cn1ccnc1C1CNCCN1C(=O)c1ccc(-c2ccc(F)cc2)o1. The molecule has 3 aromatic rings. The van der Waals surface area contributed by atoms with Crippen molar-refractivity contribution < 1.29 is 13.6 Å². The predicted octanol–water partition coefficient (Wildman–Crippen LogP) is 2.61. The number of benzene rings is 1. The second-order valence-corrected chi connectivity index (χ2v) is 6.29. The number of hydrogen-bond donors (Lipinski definition) is 1. The number of imidazole rings is 1. The summed E-state index contributed by atoms with van der Waals surface area (Å²) in [6.07, 6.45) is 3.60. The molecule has 1 N–H and O–H groups in total. The summed E-state index contributed by atoms with van der Waals surface area (Å²) in [5, 5.41) is 3.31. The monoisotopic (exact) mass is 354 g/mol. The highest BCUT2D eigenvalue weighted by Gasteiger charge is 2.32. The number of hydrogen-bond acceptors (Lipinski definition) is 4. The molecule has 0 bridgehead atoms. The number of carbonyl (C=O) groups is 1. The van der Waals surface area contributed by atoms with Gasteiger partial charge in [0.25, 0.3) is 5.91 Å². The first-order valence-electron chi connectivity index (χ1n) is 8.48. The third-order valence-electron chi connectivity index (χ3n) is 4.61. The van der Waals surface area contributed by atoms with Crippen molar-refractivity contribution in [3.63, 3.8) is 0 Å². The largest absolute Gasteiger partial charge is 0.451 e. The number of carbonyl (C=O) groups excluding carboxylic acids is 1. The number of amides is 1. The van der Waals surface area contributed by atoms with E-state index in [0.29, 0.717) is 18.8 Å². The van der Waals surface area contributed by atoms with Gasteiger partial charge in [0.2, 0.25) is 0 Å². The zero-order chi connectivity index (χ0) is 18.1. The molecular formula is C19H19FN4O2. The van der Waals surface area contributed by atoms with Crippen molar-refractivity contribution in [2.24, 2.45) is 7.05 Å². The van der Waals surface area contributed by atoms with Crippen molar-refractivity contribution in [1.82, 2.24) is 19.8 Å². The molecule has 4 rings (SSSR count). The van der Waals surface area contributed by atoms with E-state index in [1.54, 1.807) is 35.4 Å². The number of halogens is 1. The lowest BCUT2D eigenvalue weighted by atomic mass is 10.1. The first-order chi connectivity index (χ1) is 12.6. The number of nitrogens with zero attached hydrogens (tertiary/aromatic N) is 3. The van der Waals surface area contributed by atoms with Crippen LogP contribution in [0.25, 0.3) is 11.3 Å². The first-order valence-corrected chi connectivity index (χ1v) is 8.48. The van der Waals surface area contributed by atoms with Gasteiger partial charge in [0.15, 0.2) is 5.76 Å². The number of aryl methyl sites for hydroxylation is 1. The minimum atomic E-state index is -0.310. The van der Waals surface area contributed by atoms with Gasteiger partial charge in [-0.05, 0) is 36.4 Å². The minimum absolute atomic E-state index is 0.157. The lowest BCUT2D eigenvalue weighted by Crippen LogP contribution is -2.49. The molecule has 1 atom stereocenters. The summed E-state index contributed by atoms with van der Waals surface area (Å²) < 4.78 is 20.8. The van der Waals surface area contributed by atoms with Crippen LogP contribution in [0.1, 0.15) is 22.4 Å². The fourth-order valence-electron chi connectivity index (χ4n) is 3.24. The summed E-state index contributed by atoms with van der Waals surface area (Å²) in [7, 11) is 1.92. The Kier molecular flexibility index (Phi) is 4.30. The van der Waals surface area contributed by atoms with E-state index < -0.39 is 0 Å². The van der Waals surface area contributed by atoms with E-state index >= 15 is 0 Å². The number of furan rings is 1. The molecule has 0 spiro atoms. The van der Waals surface area contributed by atoms with Gasteiger partial charge in [-0.15, -0.1) is 0 Å². The number of nitrogens with one attached hydrogen (secondary N) is 1. The Bertz CT molecular complexity index is 916. The van der Waals surface area contributed by atoms with Gasteiger partial charge in [-0.1, -0.05) is 0 Å². The number of piperazine rings is 1. The Morgan fingerprint density at radius 2 is 2.08 bits per heavy atom. The van der Waals surface area contributed by atoms with Gasteiger partial charge < -0.3 is 19.2 Å². The molecule has 2 aromatic heterocycles. The van der Waals surface area contributed by atoms with E-state index in [2.05, 4.69) is 10.3 Å². The lowest BCUT2D eigenvalue weighted by molar-refractivity contribution is 0.0589. The minimum Gasteiger partial charge on any atom is -0.451 e. The van der Waals surface area contributed by atoms with Crippen LogP contribution in [0.15, 0.2) is 53.2 Å². The molecule has 1 saturated heterocycles. The zero-order valence-corrected chi connectivity index (χ0v) is 14.4. The van der Waals surface area contributed by atoms with E-state index in [1.807, 2.05) is 17.8 Å². The number of aromatic nitrogens is 2. The van der Waals surface area contributed by atoms with Crippen LogP contribution in [0.3, 0.4) is 0 Å². The smallest absolute Gasteiger partial charge is 0.290 e. The van der Waals surface area contributed by atoms with Gasteiger partial charge in [0, 0.05) is 44.6 Å². The molecule has 3 heterocycles. The number of rotatable bonds is 3. The summed E-state index contributed by atoms with van der Waals surface area (Å²) in [6, 6.07) is 9.24. The van der Waals surface area contributed by atoms with E-state index in [0.717, 1.165) is 17.9 Å². The third kappa shape index (κ3) is 3.01. The molecule has 134 valence electrons. The molecule has 6 nitrogen and oxygen atoms in total. The maximum absolute atomic E-state index is 13.1. The average Bonchev–Trinajstić information content (AvgIpc) is 3.31. The Morgan fingerprint density at radius 3 is 2.81 bits per heavy atom. The average molecular weight is 354 g/mol. The lowest BCUT2D eigenvalue weighted by Gasteiger charge is -2.35. The molecule has 7 heteroatoms. The molecule has 1 unspecified atom stereocenters. The van der Waals surface area contributed by atoms with Crippen molar-refractivity contribution >= 4 is 5.91 Å². The highest BCUT2D eigenvalue weighted by Crippen LogP contribution is 2.26. The molecule has 0 radical (unpaired) electrons. The topological polar surface area (TPSA) is 63.3 Å². The van der Waals surface area contributed by atoms with Crippen LogP contribution >= 0.6 is 0 Å². The van der Waals surface area contributed by atoms with Crippen molar-refractivity contribution in [3.05, 3.63) is 66.2 Å². The van der Waals surface area contributed by atoms with Crippen LogP contribution in [0, 0.1) is 5.82 Å². The Labute approximate surface area is 150 Å². The van der Waals surface area contributed by atoms with Gasteiger partial charge in [-0.2, -0.15) is 0 Å². The highest BCUT2D eigenvalue weighted by molar-refractivity contribution is 5.92. The van der Waals surface area contributed by atoms with Crippen LogP contribution in [-0.4, -0.2) is 40.0 Å². The maximum Gasteiger partial charge on any atom is 0.290 e. The highest BCUT2D eigenvalue weighted by atomic mass is 19.1. The van der Waals surface area contributed by atoms with Gasteiger partial charge in [-0.3, -0.25) is 4.79 Å². The first kappa shape index (κ1) is 16.5. The summed E-state index contributed by atoms with van der Waals surface area (Å²) in [4.78, 5) is 19.2. The molecule has 1 aliphatic rings. The van der Waals surface area contributed by atoms with Crippen molar-refractivity contribution in [3.8, 4) is 11.3 Å². The predicted molar refractivity (Wildman–Crippen MR) is 94.0 cm³/mol. The quantitative estimate of drug-likeness (QED) is 0.785. The van der Waals surface area contributed by atoms with Crippen LogP contribution in [-0.2, 0) is 7.05 Å². The fraction of sp³-hybridized carbons (Fsp3) is 0.263. The standard InChI is InChI=1S/C19H19FN4O2/c1-23-10-9-22-18(23)15-12-21-8-11-24(15)19(25)17-7-6-16(26-17)13-2-4-14(20)5-3-13/h2-7,9-10,15,21H,8,11-12H2,1H3. The molecule has 1 fully saturated rings. The molecule has 0 saturated carbocycles. The Hall–Kier alpha value is -2.93. The second kappa shape index (κ2) is 6.76. The summed E-state index contributed by atoms with van der Waals surface area (Å²) in [6.45, 7) is 1.93. The maximum atomic E-state index is 13.1. The Morgan fingerprint density at radius 1 is 1.27 bits per heavy atom. The Balaban J connectivity index is 1.60. The fourth-order valence-corrected chi connectivity index (χ4v) is 3.24. The summed E-state index contributed by atoms with van der Waals surface area (Å²) >= 11 is 0. The van der Waals surface area contributed by atoms with E-state index in [4.69, 9.17) is 4.42 Å². The molecule has 0 aliphatic carbocycles. The van der Waals surface area contributed by atoms with Crippen molar-refractivity contribution in [1.29, 1.82) is 0 Å². The summed E-state index contributed by atoms with van der Waals surface area (Å²) in [5.41, 5.74) is 0.728. The van der Waals surface area contributed by atoms with Crippen LogP contribution in [0.5, 0.6) is 0 Å². The van der Waals surface area contributed by atoms with Gasteiger partial charge in [0.05, 0.1) is 0 Å². The van der Waals surface area contributed by atoms with E-state index in [9.17, 15) is 9.18 Å². The molecular weight excluding hydrogens is 335 g/mol. The van der Waals surface area contributed by atoms with Crippen molar-refractivity contribution in [2.75, 3.05) is 19.6 Å².